The van der Waals surface area contributed by atoms with E-state index in [0.717, 1.165) is 92.9 Å². The van der Waals surface area contributed by atoms with Crippen molar-refractivity contribution in [1.29, 1.82) is 0 Å². The number of fused-ring (bicyclic) bond motifs is 2. The van der Waals surface area contributed by atoms with Crippen LogP contribution in [-0.2, 0) is 0 Å². The van der Waals surface area contributed by atoms with Crippen LogP contribution in [0.2, 0.25) is 0 Å². The highest BCUT2D eigenvalue weighted by molar-refractivity contribution is 7.23. The fourth-order valence-corrected chi connectivity index (χ4v) is 12.6. The average molecular weight is 1210 g/mol. The minimum Gasteiger partial charge on any atom is -0.490 e. The number of benzene rings is 5. The van der Waals surface area contributed by atoms with Gasteiger partial charge in [-0.05, 0) is 123 Å². The standard InChI is InChI=1S/C74H100N2O8S2/c1-5-9-13-17-21-25-29-33-49-79-65-47-41-59(53-67(65)81-51-35-31-27-23-19-15-11-7-3)73(77)83-61-43-37-57(38-44-61)71-75-63-55-70-64(56-69(63)85-71)76-72(86-70)58-39-45-62(46-40-58)84-74(78)60-42-48-66(80-50-34-30-26-22-18-14-10-6-2)68(54-60)82-52-36-32-28-24-20-16-12-8-4/h37-48,53-56H,5-36,49-52H2,1-4H3. The maximum absolute atomic E-state index is 13.6. The molecule has 5 aromatic carbocycles. The molecule has 466 valence electrons. The molecule has 0 unspecified atom stereocenters. The first kappa shape index (κ1) is 67.5. The molecule has 2 heterocycles. The number of esters is 2. The summed E-state index contributed by atoms with van der Waals surface area (Å²) in [6.45, 7) is 11.4. The monoisotopic (exact) mass is 1210 g/mol. The van der Waals surface area contributed by atoms with Gasteiger partial charge in [0.05, 0.1) is 58.0 Å². The van der Waals surface area contributed by atoms with Crippen molar-refractivity contribution < 1.29 is 38.0 Å². The lowest BCUT2D eigenvalue weighted by Gasteiger charge is -2.14. The second-order valence-electron chi connectivity index (χ2n) is 23.3. The number of hydrogen-bond acceptors (Lipinski definition) is 12. The van der Waals surface area contributed by atoms with Crippen LogP contribution >= 0.6 is 22.7 Å². The normalized spacial score (nSPS) is 11.4. The third-order valence-corrected chi connectivity index (χ3v) is 18.0. The van der Waals surface area contributed by atoms with E-state index in [1.54, 1.807) is 46.9 Å². The molecule has 0 aliphatic carbocycles. The minimum atomic E-state index is -0.452. The van der Waals surface area contributed by atoms with Crippen molar-refractivity contribution in [3.63, 3.8) is 0 Å². The Hall–Kier alpha value is -5.98. The Labute approximate surface area is 523 Å². The van der Waals surface area contributed by atoms with Gasteiger partial charge in [-0.25, -0.2) is 19.6 Å². The number of nitrogens with zero attached hydrogens (tertiary/aromatic N) is 2. The predicted molar refractivity (Wildman–Crippen MR) is 359 cm³/mol. The van der Waals surface area contributed by atoms with Gasteiger partial charge in [0.1, 0.15) is 21.5 Å². The highest BCUT2D eigenvalue weighted by Gasteiger charge is 2.18. The first-order chi connectivity index (χ1) is 42.3. The third-order valence-electron chi connectivity index (χ3n) is 15.9. The molecule has 0 aliphatic rings. The van der Waals surface area contributed by atoms with E-state index < -0.39 is 11.9 Å². The van der Waals surface area contributed by atoms with Gasteiger partial charge in [-0.3, -0.25) is 0 Å². The molecule has 0 amide bonds. The zero-order valence-corrected chi connectivity index (χ0v) is 54.3. The lowest BCUT2D eigenvalue weighted by atomic mass is 10.1. The molecule has 0 bridgehead atoms. The topological polar surface area (TPSA) is 115 Å². The number of aromatic nitrogens is 2. The molecule has 0 atom stereocenters. The number of hydrogen-bond donors (Lipinski definition) is 0. The quantitative estimate of drug-likeness (QED) is 0.0207. The van der Waals surface area contributed by atoms with Crippen molar-refractivity contribution in [3.05, 3.63) is 108 Å². The molecule has 12 heteroatoms. The largest absolute Gasteiger partial charge is 0.490 e. The minimum absolute atomic E-state index is 0.414. The summed E-state index contributed by atoms with van der Waals surface area (Å²) in [5.74, 6) is 2.51. The molecule has 7 aromatic rings. The highest BCUT2D eigenvalue weighted by Crippen LogP contribution is 2.38. The number of rotatable bonds is 46. The molecule has 0 spiro atoms. The van der Waals surface area contributed by atoms with Crippen molar-refractivity contribution in [3.8, 4) is 55.6 Å². The molecule has 10 nitrogen and oxygen atoms in total. The molecule has 0 aliphatic heterocycles. The van der Waals surface area contributed by atoms with Crippen LogP contribution in [0.15, 0.2) is 97.1 Å². The molecule has 86 heavy (non-hydrogen) atoms. The second-order valence-corrected chi connectivity index (χ2v) is 25.3. The lowest BCUT2D eigenvalue weighted by molar-refractivity contribution is 0.0724. The van der Waals surface area contributed by atoms with Gasteiger partial charge >= 0.3 is 11.9 Å². The van der Waals surface area contributed by atoms with Gasteiger partial charge in [0.25, 0.3) is 0 Å². The van der Waals surface area contributed by atoms with Crippen molar-refractivity contribution in [2.75, 3.05) is 26.4 Å². The Kier molecular flexibility index (Phi) is 31.2. The second kappa shape index (κ2) is 39.7. The van der Waals surface area contributed by atoms with E-state index in [2.05, 4.69) is 39.8 Å². The molecule has 7 rings (SSSR count). The molecule has 0 fully saturated rings. The van der Waals surface area contributed by atoms with Crippen LogP contribution in [0.5, 0.6) is 34.5 Å². The van der Waals surface area contributed by atoms with Crippen molar-refractivity contribution in [2.45, 2.75) is 233 Å². The van der Waals surface area contributed by atoms with Gasteiger partial charge in [0.2, 0.25) is 0 Å². The van der Waals surface area contributed by atoms with Gasteiger partial charge in [0, 0.05) is 11.1 Å². The highest BCUT2D eigenvalue weighted by atomic mass is 32.1. The summed E-state index contributed by atoms with van der Waals surface area (Å²) < 4.78 is 39.0. The fourth-order valence-electron chi connectivity index (χ4n) is 10.7. The summed E-state index contributed by atoms with van der Waals surface area (Å²) in [7, 11) is 0. The Morgan fingerprint density at radius 2 is 0.605 bits per heavy atom. The first-order valence-electron chi connectivity index (χ1n) is 33.5. The predicted octanol–water partition coefficient (Wildman–Crippen LogP) is 22.8. The molecular weight excluding hydrogens is 1110 g/mol. The zero-order chi connectivity index (χ0) is 60.2. The number of carbonyl (C=O) groups is 2. The Balaban J connectivity index is 0.917. The molecule has 0 saturated heterocycles. The van der Waals surface area contributed by atoms with Gasteiger partial charge in [0.15, 0.2) is 23.0 Å². The lowest BCUT2D eigenvalue weighted by Crippen LogP contribution is -2.10. The summed E-state index contributed by atoms with van der Waals surface area (Å²) in [5, 5.41) is 1.73. The molecule has 0 saturated carbocycles. The smallest absolute Gasteiger partial charge is 0.343 e. The fraction of sp³-hybridized carbons (Fsp3) is 0.541. The summed E-state index contributed by atoms with van der Waals surface area (Å²) >= 11 is 3.20. The zero-order valence-electron chi connectivity index (χ0n) is 52.7. The van der Waals surface area contributed by atoms with Gasteiger partial charge in [-0.1, -0.05) is 207 Å². The van der Waals surface area contributed by atoms with E-state index in [0.29, 0.717) is 72.1 Å². The van der Waals surface area contributed by atoms with E-state index >= 15 is 0 Å². The number of ether oxygens (including phenoxy) is 6. The number of unbranched alkanes of at least 4 members (excludes halogenated alkanes) is 28. The van der Waals surface area contributed by atoms with Crippen molar-refractivity contribution >= 4 is 55.0 Å². The van der Waals surface area contributed by atoms with Gasteiger partial charge < -0.3 is 28.4 Å². The average Bonchev–Trinajstić information content (AvgIpc) is 2.44. The van der Waals surface area contributed by atoms with Crippen LogP contribution < -0.4 is 28.4 Å². The van der Waals surface area contributed by atoms with Crippen LogP contribution in [0.3, 0.4) is 0 Å². The first-order valence-corrected chi connectivity index (χ1v) is 35.1. The van der Waals surface area contributed by atoms with E-state index in [-0.39, 0.29) is 0 Å². The molecule has 2 aromatic heterocycles. The van der Waals surface area contributed by atoms with Crippen LogP contribution in [0.1, 0.15) is 254 Å². The van der Waals surface area contributed by atoms with E-state index in [1.165, 1.54) is 154 Å². The van der Waals surface area contributed by atoms with Gasteiger partial charge in [-0.2, -0.15) is 0 Å². The number of carbonyl (C=O) groups excluding carboxylic acids is 2. The summed E-state index contributed by atoms with van der Waals surface area (Å²) in [5.41, 5.74) is 4.46. The van der Waals surface area contributed by atoms with Crippen LogP contribution in [0.25, 0.3) is 41.6 Å². The van der Waals surface area contributed by atoms with Crippen LogP contribution in [0, 0.1) is 0 Å². The van der Waals surface area contributed by atoms with E-state index in [1.807, 2.05) is 60.7 Å². The van der Waals surface area contributed by atoms with E-state index in [4.69, 9.17) is 38.4 Å². The van der Waals surface area contributed by atoms with Crippen molar-refractivity contribution in [1.82, 2.24) is 9.97 Å². The summed E-state index contributed by atoms with van der Waals surface area (Å²) in [6.07, 6.45) is 39.2. The molecule has 0 N–H and O–H groups in total. The van der Waals surface area contributed by atoms with Crippen molar-refractivity contribution in [2.24, 2.45) is 0 Å². The van der Waals surface area contributed by atoms with E-state index in [9.17, 15) is 9.59 Å². The third kappa shape index (κ3) is 23.6. The van der Waals surface area contributed by atoms with Crippen LogP contribution in [-0.4, -0.2) is 48.3 Å². The maximum atomic E-state index is 13.6. The Bertz CT molecular complexity index is 2770. The SMILES string of the molecule is CCCCCCCCCCOc1ccc(C(=O)Oc2ccc(-c3nc4cc5sc(-c6ccc(OC(=O)c7ccc(OCCCCCCCCCC)c(OCCCCCCCCCC)c7)cc6)nc5cc4s3)cc2)cc1OCCCCCCCCCC. The number of thiazole rings is 2. The summed E-state index contributed by atoms with van der Waals surface area (Å²) in [6, 6.07) is 30.0. The van der Waals surface area contributed by atoms with Gasteiger partial charge in [-0.15, -0.1) is 22.7 Å². The molecule has 0 radical (unpaired) electrons. The molecular formula is C74H100N2O8S2. The van der Waals surface area contributed by atoms with Crippen LogP contribution in [0.4, 0.5) is 0 Å². The summed E-state index contributed by atoms with van der Waals surface area (Å²) in [4.78, 5) is 37.2. The Morgan fingerprint density at radius 3 is 0.907 bits per heavy atom. The maximum Gasteiger partial charge on any atom is 0.343 e. The Morgan fingerprint density at radius 1 is 0.326 bits per heavy atom.